The third kappa shape index (κ3) is 2.91. The lowest BCUT2D eigenvalue weighted by molar-refractivity contribution is 0.0694. The quantitative estimate of drug-likeness (QED) is 0.759. The lowest BCUT2D eigenvalue weighted by atomic mass is 10.1. The number of amides is 1. The minimum atomic E-state index is -1.04. The molecule has 0 fully saturated rings. The van der Waals surface area contributed by atoms with E-state index in [1.165, 1.54) is 11.0 Å². The first-order chi connectivity index (χ1) is 11.8. The summed E-state index contributed by atoms with van der Waals surface area (Å²) < 4.78 is 5.46. The van der Waals surface area contributed by atoms with Gasteiger partial charge in [-0.05, 0) is 38.5 Å². The predicted molar refractivity (Wildman–Crippen MR) is 94.0 cm³/mol. The van der Waals surface area contributed by atoms with Gasteiger partial charge < -0.3 is 19.4 Å². The molecular weight excluding hydrogens is 320 g/mol. The number of hydrogen-bond acceptors (Lipinski definition) is 3. The van der Waals surface area contributed by atoms with Gasteiger partial charge in [0.05, 0.1) is 17.6 Å². The van der Waals surface area contributed by atoms with Crippen molar-refractivity contribution in [1.29, 1.82) is 0 Å². The summed E-state index contributed by atoms with van der Waals surface area (Å²) in [5.74, 6) is -0.417. The van der Waals surface area contributed by atoms with Crippen LogP contribution < -0.4 is 0 Å². The largest absolute Gasteiger partial charge is 0.478 e. The van der Waals surface area contributed by atoms with Crippen molar-refractivity contribution in [2.24, 2.45) is 0 Å². The number of aromatic amines is 1. The van der Waals surface area contributed by atoms with E-state index in [2.05, 4.69) is 4.98 Å². The van der Waals surface area contributed by atoms with E-state index >= 15 is 0 Å². The van der Waals surface area contributed by atoms with Gasteiger partial charge in [0.2, 0.25) is 0 Å². The molecule has 3 rings (SSSR count). The van der Waals surface area contributed by atoms with Crippen LogP contribution in [0.1, 0.15) is 43.5 Å². The molecule has 2 heterocycles. The maximum atomic E-state index is 12.9. The summed E-state index contributed by atoms with van der Waals surface area (Å²) in [5, 5.41) is 10.1. The number of carbonyl (C=O) groups excluding carboxylic acids is 1. The van der Waals surface area contributed by atoms with Crippen molar-refractivity contribution in [2.45, 2.75) is 27.3 Å². The Morgan fingerprint density at radius 1 is 1.20 bits per heavy atom. The number of benzene rings is 1. The van der Waals surface area contributed by atoms with Gasteiger partial charge in [0.25, 0.3) is 5.91 Å². The Hall–Kier alpha value is -3.02. The molecule has 0 aliphatic carbocycles. The predicted octanol–water partition coefficient (Wildman–Crippen LogP) is 3.66. The molecule has 2 aromatic heterocycles. The van der Waals surface area contributed by atoms with Crippen LogP contribution in [0, 0.1) is 20.8 Å². The van der Waals surface area contributed by atoms with Gasteiger partial charge in [0, 0.05) is 18.1 Å². The normalized spacial score (nSPS) is 11.0. The molecule has 130 valence electrons. The number of fused-ring (bicyclic) bond motifs is 1. The SMILES string of the molecule is Cc1[nH]c2c(C(=O)N(C)Cc3cc(C(=O)O)c(C)o3)cccc2c1C. The van der Waals surface area contributed by atoms with Crippen molar-refractivity contribution < 1.29 is 19.1 Å². The first-order valence-electron chi connectivity index (χ1n) is 7.95. The zero-order valence-corrected chi connectivity index (χ0v) is 14.6. The fourth-order valence-electron chi connectivity index (χ4n) is 3.01. The van der Waals surface area contributed by atoms with Gasteiger partial charge in [-0.25, -0.2) is 4.79 Å². The molecule has 3 aromatic rings. The van der Waals surface area contributed by atoms with E-state index in [4.69, 9.17) is 9.52 Å². The standard InChI is InChI=1S/C19H20N2O4/c1-10-11(2)20-17-14(10)6-5-7-15(17)18(22)21(4)9-13-8-16(19(23)24)12(3)25-13/h5-8,20H,9H2,1-4H3,(H,23,24). The fourth-order valence-corrected chi connectivity index (χ4v) is 3.01. The fraction of sp³-hybridized carbons (Fsp3) is 0.263. The molecule has 1 amide bonds. The topological polar surface area (TPSA) is 86.5 Å². The van der Waals surface area contributed by atoms with Gasteiger partial charge in [0.15, 0.2) is 0 Å². The molecule has 0 atom stereocenters. The van der Waals surface area contributed by atoms with Crippen LogP contribution in [0.5, 0.6) is 0 Å². The van der Waals surface area contributed by atoms with E-state index in [1.54, 1.807) is 20.0 Å². The summed E-state index contributed by atoms with van der Waals surface area (Å²) >= 11 is 0. The smallest absolute Gasteiger partial charge is 0.339 e. The van der Waals surface area contributed by atoms with Gasteiger partial charge in [0.1, 0.15) is 17.1 Å². The number of carbonyl (C=O) groups is 2. The molecule has 25 heavy (non-hydrogen) atoms. The van der Waals surface area contributed by atoms with E-state index in [1.807, 2.05) is 26.0 Å². The van der Waals surface area contributed by atoms with Crippen LogP contribution in [0.25, 0.3) is 10.9 Å². The molecule has 2 N–H and O–H groups in total. The van der Waals surface area contributed by atoms with E-state index in [0.29, 0.717) is 17.1 Å². The molecule has 1 aromatic carbocycles. The number of aromatic nitrogens is 1. The summed E-state index contributed by atoms with van der Waals surface area (Å²) in [6.07, 6.45) is 0. The third-order valence-electron chi connectivity index (χ3n) is 4.51. The number of furan rings is 1. The van der Waals surface area contributed by atoms with Crippen LogP contribution in [0.3, 0.4) is 0 Å². The number of aromatic carboxylic acids is 1. The average molecular weight is 340 g/mol. The molecule has 0 saturated carbocycles. The Labute approximate surface area is 145 Å². The Morgan fingerprint density at radius 2 is 1.92 bits per heavy atom. The number of para-hydroxylation sites is 1. The van der Waals surface area contributed by atoms with Crippen molar-refractivity contribution in [3.63, 3.8) is 0 Å². The number of aryl methyl sites for hydroxylation is 3. The highest BCUT2D eigenvalue weighted by atomic mass is 16.4. The van der Waals surface area contributed by atoms with Gasteiger partial charge in [-0.15, -0.1) is 0 Å². The number of nitrogens with one attached hydrogen (secondary N) is 1. The van der Waals surface area contributed by atoms with Crippen LogP contribution in [0.15, 0.2) is 28.7 Å². The second-order valence-corrected chi connectivity index (χ2v) is 6.25. The zero-order valence-electron chi connectivity index (χ0n) is 14.6. The maximum absolute atomic E-state index is 12.9. The number of H-pyrrole nitrogens is 1. The van der Waals surface area contributed by atoms with Crippen molar-refractivity contribution in [2.75, 3.05) is 7.05 Å². The van der Waals surface area contributed by atoms with Gasteiger partial charge in [-0.1, -0.05) is 12.1 Å². The van der Waals surface area contributed by atoms with E-state index in [0.717, 1.165) is 22.2 Å². The first-order valence-corrected chi connectivity index (χ1v) is 7.95. The molecule has 0 bridgehead atoms. The highest BCUT2D eigenvalue weighted by Gasteiger charge is 2.20. The Balaban J connectivity index is 1.89. The van der Waals surface area contributed by atoms with Crippen molar-refractivity contribution in [3.8, 4) is 0 Å². The van der Waals surface area contributed by atoms with Crippen molar-refractivity contribution >= 4 is 22.8 Å². The third-order valence-corrected chi connectivity index (χ3v) is 4.51. The average Bonchev–Trinajstić information content (AvgIpc) is 3.07. The van der Waals surface area contributed by atoms with Crippen LogP contribution in [0.4, 0.5) is 0 Å². The molecular formula is C19H20N2O4. The summed E-state index contributed by atoms with van der Waals surface area (Å²) in [4.78, 5) is 28.8. The van der Waals surface area contributed by atoms with Gasteiger partial charge in [-0.2, -0.15) is 0 Å². The van der Waals surface area contributed by atoms with E-state index in [9.17, 15) is 9.59 Å². The molecule has 0 saturated heterocycles. The van der Waals surface area contributed by atoms with Crippen LogP contribution in [0.2, 0.25) is 0 Å². The Bertz CT molecular complexity index is 981. The summed E-state index contributed by atoms with van der Waals surface area (Å²) in [6.45, 7) is 5.79. The Kier molecular flexibility index (Phi) is 4.12. The van der Waals surface area contributed by atoms with Gasteiger partial charge >= 0.3 is 5.97 Å². The Morgan fingerprint density at radius 3 is 2.56 bits per heavy atom. The minimum absolute atomic E-state index is 0.119. The molecule has 0 radical (unpaired) electrons. The van der Waals surface area contributed by atoms with E-state index in [-0.39, 0.29) is 18.0 Å². The summed E-state index contributed by atoms with van der Waals surface area (Å²) in [5.41, 5.74) is 3.67. The summed E-state index contributed by atoms with van der Waals surface area (Å²) in [6, 6.07) is 7.10. The molecule has 0 aliphatic rings. The maximum Gasteiger partial charge on any atom is 0.339 e. The second-order valence-electron chi connectivity index (χ2n) is 6.25. The highest BCUT2D eigenvalue weighted by molar-refractivity contribution is 6.06. The highest BCUT2D eigenvalue weighted by Crippen LogP contribution is 2.25. The lowest BCUT2D eigenvalue weighted by Crippen LogP contribution is -2.26. The summed E-state index contributed by atoms with van der Waals surface area (Å²) in [7, 11) is 1.67. The number of carboxylic acid groups (broad SMARTS) is 1. The number of carboxylic acids is 1. The van der Waals surface area contributed by atoms with Crippen LogP contribution in [-0.2, 0) is 6.54 Å². The monoisotopic (exact) mass is 340 g/mol. The van der Waals surface area contributed by atoms with Gasteiger partial charge in [-0.3, -0.25) is 4.79 Å². The second kappa shape index (κ2) is 6.12. The van der Waals surface area contributed by atoms with E-state index < -0.39 is 5.97 Å². The molecule has 6 heteroatoms. The minimum Gasteiger partial charge on any atom is -0.478 e. The zero-order chi connectivity index (χ0) is 18.3. The number of nitrogens with zero attached hydrogens (tertiary/aromatic N) is 1. The lowest BCUT2D eigenvalue weighted by Gasteiger charge is -2.16. The molecule has 0 unspecified atom stereocenters. The molecule has 6 nitrogen and oxygen atoms in total. The first kappa shape index (κ1) is 16.8. The number of hydrogen-bond donors (Lipinski definition) is 2. The van der Waals surface area contributed by atoms with Crippen molar-refractivity contribution in [3.05, 3.63) is 58.2 Å². The molecule has 0 spiro atoms. The molecule has 0 aliphatic heterocycles. The van der Waals surface area contributed by atoms with Crippen molar-refractivity contribution in [1.82, 2.24) is 9.88 Å². The van der Waals surface area contributed by atoms with Crippen LogP contribution in [-0.4, -0.2) is 33.9 Å². The number of rotatable bonds is 4. The van der Waals surface area contributed by atoms with Crippen LogP contribution >= 0.6 is 0 Å².